The van der Waals surface area contributed by atoms with Crippen molar-refractivity contribution in [2.24, 2.45) is 0 Å². The minimum absolute atomic E-state index is 0.514. The van der Waals surface area contributed by atoms with E-state index in [-0.39, 0.29) is 0 Å². The van der Waals surface area contributed by atoms with E-state index in [0.29, 0.717) is 6.54 Å². The van der Waals surface area contributed by atoms with Gasteiger partial charge in [0.25, 0.3) is 0 Å². The van der Waals surface area contributed by atoms with E-state index in [1.165, 1.54) is 4.90 Å². The molecule has 0 radical (unpaired) electrons. The molecule has 1 unspecified atom stereocenters. The molecule has 2 N–H and O–H groups in total. The molecule has 1 saturated heterocycles. The van der Waals surface area contributed by atoms with Gasteiger partial charge in [0, 0.05) is 54.9 Å². The Morgan fingerprint density at radius 1 is 1.20 bits per heavy atom. The molecule has 2 aliphatic rings. The maximum atomic E-state index is 10.6. The van der Waals surface area contributed by atoms with Gasteiger partial charge in [-0.2, -0.15) is 0 Å². The van der Waals surface area contributed by atoms with Gasteiger partial charge in [0.05, 0.1) is 0 Å². The molecule has 0 saturated carbocycles. The fourth-order valence-electron chi connectivity index (χ4n) is 2.72. The molecule has 110 valence electrons. The summed E-state index contributed by atoms with van der Waals surface area (Å²) in [7, 11) is 0. The average molecular weight is 314 g/mol. The van der Waals surface area contributed by atoms with E-state index in [4.69, 9.17) is 11.6 Å². The van der Waals surface area contributed by atoms with E-state index in [2.05, 4.69) is 21.2 Å². The maximum Gasteiger partial charge on any atom is 0.165 e. The van der Waals surface area contributed by atoms with Crippen LogP contribution in [0.2, 0.25) is 5.02 Å². The van der Waals surface area contributed by atoms with Crippen molar-refractivity contribution in [3.8, 4) is 0 Å². The summed E-state index contributed by atoms with van der Waals surface area (Å²) in [5.41, 5.74) is 1.14. The van der Waals surface area contributed by atoms with Crippen LogP contribution in [0.5, 0.6) is 0 Å². The summed E-state index contributed by atoms with van der Waals surface area (Å²) in [4.78, 5) is 5.49. The molecule has 1 fully saturated rings. The van der Waals surface area contributed by atoms with Gasteiger partial charge < -0.3 is 10.4 Å². The summed E-state index contributed by atoms with van der Waals surface area (Å²) in [5.74, 6) is 0.983. The first-order valence-electron chi connectivity index (χ1n) is 7.03. The van der Waals surface area contributed by atoms with Crippen LogP contribution in [0.25, 0.3) is 0 Å². The molecular weight excluding hydrogens is 294 g/mol. The van der Waals surface area contributed by atoms with E-state index in [1.54, 1.807) is 0 Å². The molecule has 0 aromatic heterocycles. The fourth-order valence-corrected chi connectivity index (χ4v) is 4.08. The first-order chi connectivity index (χ1) is 9.75. The molecule has 3 rings (SSSR count). The second-order valence-electron chi connectivity index (χ2n) is 5.17. The lowest BCUT2D eigenvalue weighted by Crippen LogP contribution is -2.55. The molecule has 20 heavy (non-hydrogen) atoms. The minimum atomic E-state index is -0.514. The molecule has 0 bridgehead atoms. The molecule has 1 atom stereocenters. The molecule has 2 aliphatic heterocycles. The Morgan fingerprint density at radius 3 is 2.80 bits per heavy atom. The lowest BCUT2D eigenvalue weighted by atomic mass is 10.2. The number of thioether (sulfide) groups is 1. The third-order valence-corrected chi connectivity index (χ3v) is 5.31. The minimum Gasteiger partial charge on any atom is -0.365 e. The van der Waals surface area contributed by atoms with E-state index in [9.17, 15) is 5.11 Å². The van der Waals surface area contributed by atoms with Gasteiger partial charge in [0.1, 0.15) is 0 Å². The van der Waals surface area contributed by atoms with Gasteiger partial charge in [-0.3, -0.25) is 9.80 Å². The molecule has 2 heterocycles. The SMILES string of the molecule is OC(N1CCNCC1)N1CCSc2cccc(Cl)c2C1. The van der Waals surface area contributed by atoms with Crippen LogP contribution >= 0.6 is 23.4 Å². The lowest BCUT2D eigenvalue weighted by molar-refractivity contribution is -0.117. The second-order valence-corrected chi connectivity index (χ2v) is 6.71. The summed E-state index contributed by atoms with van der Waals surface area (Å²) in [6.45, 7) is 5.25. The second kappa shape index (κ2) is 6.64. The zero-order chi connectivity index (χ0) is 13.9. The van der Waals surface area contributed by atoms with E-state index < -0.39 is 6.35 Å². The third-order valence-electron chi connectivity index (χ3n) is 3.88. The lowest BCUT2D eigenvalue weighted by Gasteiger charge is -2.37. The normalized spacial score (nSPS) is 23.1. The summed E-state index contributed by atoms with van der Waals surface area (Å²) >= 11 is 8.15. The van der Waals surface area contributed by atoms with E-state index >= 15 is 0 Å². The van der Waals surface area contributed by atoms with Crippen LogP contribution in [0.15, 0.2) is 23.1 Å². The molecule has 0 amide bonds. The predicted molar refractivity (Wildman–Crippen MR) is 83.0 cm³/mol. The van der Waals surface area contributed by atoms with Crippen LogP contribution in [-0.4, -0.2) is 59.7 Å². The number of hydrogen-bond donors (Lipinski definition) is 2. The van der Waals surface area contributed by atoms with Crippen molar-refractivity contribution in [1.82, 2.24) is 15.1 Å². The van der Waals surface area contributed by atoms with Crippen LogP contribution in [0.3, 0.4) is 0 Å². The van der Waals surface area contributed by atoms with Gasteiger partial charge in [0.15, 0.2) is 6.35 Å². The predicted octanol–water partition coefficient (Wildman–Crippen LogP) is 1.43. The highest BCUT2D eigenvalue weighted by Crippen LogP contribution is 2.32. The number of benzene rings is 1. The highest BCUT2D eigenvalue weighted by Gasteiger charge is 2.27. The van der Waals surface area contributed by atoms with Crippen LogP contribution in [0.4, 0.5) is 0 Å². The third kappa shape index (κ3) is 3.13. The smallest absolute Gasteiger partial charge is 0.165 e. The summed E-state index contributed by atoms with van der Waals surface area (Å²) in [5, 5.41) is 14.7. The Balaban J connectivity index is 1.76. The number of halogens is 1. The first kappa shape index (κ1) is 14.6. The fraction of sp³-hybridized carbons (Fsp3) is 0.571. The molecule has 0 aliphatic carbocycles. The Morgan fingerprint density at radius 2 is 2.00 bits per heavy atom. The Hall–Kier alpha value is -0.300. The zero-order valence-corrected chi connectivity index (χ0v) is 13.0. The van der Waals surface area contributed by atoms with Crippen LogP contribution in [0, 0.1) is 0 Å². The van der Waals surface area contributed by atoms with Crippen molar-refractivity contribution in [3.05, 3.63) is 28.8 Å². The van der Waals surface area contributed by atoms with Crippen LogP contribution in [-0.2, 0) is 6.54 Å². The Bertz CT molecular complexity index is 468. The topological polar surface area (TPSA) is 38.7 Å². The molecule has 4 nitrogen and oxygen atoms in total. The highest BCUT2D eigenvalue weighted by molar-refractivity contribution is 7.99. The van der Waals surface area contributed by atoms with Crippen LogP contribution in [0.1, 0.15) is 5.56 Å². The summed E-state index contributed by atoms with van der Waals surface area (Å²) in [6.07, 6.45) is -0.514. The van der Waals surface area contributed by atoms with E-state index in [1.807, 2.05) is 23.9 Å². The highest BCUT2D eigenvalue weighted by atomic mass is 35.5. The van der Waals surface area contributed by atoms with Gasteiger partial charge in [-0.05, 0) is 17.7 Å². The molecule has 0 spiro atoms. The van der Waals surface area contributed by atoms with Crippen molar-refractivity contribution < 1.29 is 5.11 Å². The number of nitrogens with one attached hydrogen (secondary N) is 1. The van der Waals surface area contributed by atoms with Crippen molar-refractivity contribution >= 4 is 23.4 Å². The van der Waals surface area contributed by atoms with Crippen molar-refractivity contribution in [2.75, 3.05) is 38.5 Å². The maximum absolute atomic E-state index is 10.6. The average Bonchev–Trinajstić information content (AvgIpc) is 2.71. The van der Waals surface area contributed by atoms with Gasteiger partial charge in [0.2, 0.25) is 0 Å². The number of piperazine rings is 1. The summed E-state index contributed by atoms with van der Waals surface area (Å²) < 4.78 is 0. The number of rotatable bonds is 2. The van der Waals surface area contributed by atoms with Gasteiger partial charge in [-0.25, -0.2) is 0 Å². The number of hydrogen-bond acceptors (Lipinski definition) is 5. The number of fused-ring (bicyclic) bond motifs is 1. The molecule has 1 aromatic carbocycles. The Labute approximate surface area is 129 Å². The zero-order valence-electron chi connectivity index (χ0n) is 11.4. The van der Waals surface area contributed by atoms with Crippen molar-refractivity contribution in [3.63, 3.8) is 0 Å². The Kier molecular flexibility index (Phi) is 4.86. The van der Waals surface area contributed by atoms with Crippen molar-refractivity contribution in [1.29, 1.82) is 0 Å². The van der Waals surface area contributed by atoms with Crippen molar-refractivity contribution in [2.45, 2.75) is 17.8 Å². The van der Waals surface area contributed by atoms with Gasteiger partial charge in [-0.1, -0.05) is 17.7 Å². The van der Waals surface area contributed by atoms with Gasteiger partial charge in [-0.15, -0.1) is 11.8 Å². The summed E-state index contributed by atoms with van der Waals surface area (Å²) in [6, 6.07) is 6.05. The van der Waals surface area contributed by atoms with Crippen LogP contribution < -0.4 is 5.32 Å². The van der Waals surface area contributed by atoms with Gasteiger partial charge >= 0.3 is 0 Å². The quantitative estimate of drug-likeness (QED) is 0.864. The molecule has 1 aromatic rings. The molecule has 6 heteroatoms. The molecular formula is C14H20ClN3OS. The standard InChI is InChI=1S/C14H20ClN3OS/c15-12-2-1-3-13-11(12)10-18(8-9-20-13)14(19)17-6-4-16-5-7-17/h1-3,14,16,19H,4-10H2. The number of aliphatic hydroxyl groups is 1. The van der Waals surface area contributed by atoms with E-state index in [0.717, 1.165) is 49.1 Å². The number of nitrogens with zero attached hydrogens (tertiary/aromatic N) is 2. The monoisotopic (exact) mass is 313 g/mol. The number of aliphatic hydroxyl groups excluding tert-OH is 1. The first-order valence-corrected chi connectivity index (χ1v) is 8.39. The largest absolute Gasteiger partial charge is 0.365 e.